The number of amides is 1. The van der Waals surface area contributed by atoms with Crippen LogP contribution in [0, 0.1) is 5.82 Å². The molecule has 0 bridgehead atoms. The van der Waals surface area contributed by atoms with Crippen LogP contribution in [0.15, 0.2) is 54.6 Å². The number of aliphatic hydroxyl groups is 1. The standard InChI is InChI=1S/C18H18FNO4/c19-14-8-4-5-9-16(14)24-17-11-20(10-15(17)21)18(22)23-12-13-6-2-1-3-7-13/h1-9,15,17,21H,10-12H2. The third kappa shape index (κ3) is 3.83. The molecule has 2 aromatic rings. The van der Waals surface area contributed by atoms with Gasteiger partial charge in [-0.3, -0.25) is 0 Å². The van der Waals surface area contributed by atoms with Crippen LogP contribution in [0.2, 0.25) is 0 Å². The van der Waals surface area contributed by atoms with Gasteiger partial charge in [0.05, 0.1) is 13.1 Å². The summed E-state index contributed by atoms with van der Waals surface area (Å²) in [5.74, 6) is -0.448. The largest absolute Gasteiger partial charge is 0.483 e. The number of aliphatic hydroxyl groups excluding tert-OH is 1. The summed E-state index contributed by atoms with van der Waals surface area (Å²) in [6.45, 7) is 0.390. The molecule has 0 aromatic heterocycles. The molecule has 2 atom stereocenters. The van der Waals surface area contributed by atoms with Crippen molar-refractivity contribution in [2.45, 2.75) is 18.8 Å². The summed E-state index contributed by atoms with van der Waals surface area (Å²) in [4.78, 5) is 13.5. The van der Waals surface area contributed by atoms with Crippen LogP contribution >= 0.6 is 0 Å². The zero-order chi connectivity index (χ0) is 16.9. The lowest BCUT2D eigenvalue weighted by Crippen LogP contribution is -2.31. The Morgan fingerprint density at radius 3 is 2.58 bits per heavy atom. The number of hydrogen-bond donors (Lipinski definition) is 1. The molecule has 1 aliphatic heterocycles. The summed E-state index contributed by atoms with van der Waals surface area (Å²) in [5.41, 5.74) is 0.879. The second-order valence-electron chi connectivity index (χ2n) is 5.60. The van der Waals surface area contributed by atoms with Gasteiger partial charge < -0.3 is 19.5 Å². The molecule has 5 nitrogen and oxygen atoms in total. The molecule has 6 heteroatoms. The molecular weight excluding hydrogens is 313 g/mol. The fraction of sp³-hybridized carbons (Fsp3) is 0.278. The van der Waals surface area contributed by atoms with E-state index in [-0.39, 0.29) is 25.4 Å². The summed E-state index contributed by atoms with van der Waals surface area (Å²) in [6, 6.07) is 15.3. The summed E-state index contributed by atoms with van der Waals surface area (Å²) in [5, 5.41) is 10.0. The number of β-amino-alcohol motifs (C(OH)–C–C–N with tert-alkyl or cyclic N) is 1. The molecule has 1 saturated heterocycles. The number of likely N-dealkylation sites (tertiary alicyclic amines) is 1. The molecule has 0 radical (unpaired) electrons. The molecule has 1 amide bonds. The average Bonchev–Trinajstić information content (AvgIpc) is 2.96. The predicted octanol–water partition coefficient (Wildman–Crippen LogP) is 2.59. The molecule has 0 saturated carbocycles. The van der Waals surface area contributed by atoms with E-state index < -0.39 is 24.1 Å². The van der Waals surface area contributed by atoms with Gasteiger partial charge in [-0.25, -0.2) is 9.18 Å². The molecule has 2 aromatic carbocycles. The molecule has 3 rings (SSSR count). The minimum atomic E-state index is -0.895. The van der Waals surface area contributed by atoms with Crippen LogP contribution in [0.3, 0.4) is 0 Å². The number of ether oxygens (including phenoxy) is 2. The monoisotopic (exact) mass is 331 g/mol. The minimum Gasteiger partial charge on any atom is -0.483 e. The van der Waals surface area contributed by atoms with E-state index in [1.54, 1.807) is 12.1 Å². The molecule has 1 aliphatic rings. The zero-order valence-electron chi connectivity index (χ0n) is 13.0. The van der Waals surface area contributed by atoms with E-state index in [9.17, 15) is 14.3 Å². The van der Waals surface area contributed by atoms with Gasteiger partial charge in [0.15, 0.2) is 11.6 Å². The summed E-state index contributed by atoms with van der Waals surface area (Å²) in [7, 11) is 0. The number of nitrogens with zero attached hydrogens (tertiary/aromatic N) is 1. The lowest BCUT2D eigenvalue weighted by atomic mass is 10.2. The van der Waals surface area contributed by atoms with Crippen molar-refractivity contribution in [3.05, 3.63) is 66.0 Å². The maximum absolute atomic E-state index is 13.6. The topological polar surface area (TPSA) is 59.0 Å². The molecule has 1 heterocycles. The highest BCUT2D eigenvalue weighted by atomic mass is 19.1. The maximum Gasteiger partial charge on any atom is 0.410 e. The Bertz CT molecular complexity index is 694. The lowest BCUT2D eigenvalue weighted by molar-refractivity contribution is 0.0709. The maximum atomic E-state index is 13.6. The van der Waals surface area contributed by atoms with E-state index in [1.165, 1.54) is 17.0 Å². The van der Waals surface area contributed by atoms with Gasteiger partial charge in [0.2, 0.25) is 0 Å². The van der Waals surface area contributed by atoms with Gasteiger partial charge in [-0.1, -0.05) is 42.5 Å². The van der Waals surface area contributed by atoms with Crippen LogP contribution in [-0.2, 0) is 11.3 Å². The van der Waals surface area contributed by atoms with Gasteiger partial charge in [0.1, 0.15) is 18.8 Å². The second-order valence-corrected chi connectivity index (χ2v) is 5.60. The first-order valence-corrected chi connectivity index (χ1v) is 7.68. The third-order valence-electron chi connectivity index (χ3n) is 3.82. The number of carbonyl (C=O) groups is 1. The highest BCUT2D eigenvalue weighted by molar-refractivity contribution is 5.68. The lowest BCUT2D eigenvalue weighted by Gasteiger charge is -2.17. The Morgan fingerprint density at radius 1 is 1.12 bits per heavy atom. The molecule has 1 fully saturated rings. The normalized spacial score (nSPS) is 20.0. The van der Waals surface area contributed by atoms with E-state index in [1.807, 2.05) is 30.3 Å². The first-order valence-electron chi connectivity index (χ1n) is 7.68. The van der Waals surface area contributed by atoms with Crippen LogP contribution < -0.4 is 4.74 Å². The van der Waals surface area contributed by atoms with Crippen molar-refractivity contribution in [3.8, 4) is 5.75 Å². The van der Waals surface area contributed by atoms with Crippen LogP contribution in [0.1, 0.15) is 5.56 Å². The van der Waals surface area contributed by atoms with E-state index in [2.05, 4.69) is 0 Å². The van der Waals surface area contributed by atoms with Gasteiger partial charge >= 0.3 is 6.09 Å². The number of benzene rings is 2. The van der Waals surface area contributed by atoms with Crippen LogP contribution in [0.25, 0.3) is 0 Å². The van der Waals surface area contributed by atoms with Gasteiger partial charge in [-0.05, 0) is 17.7 Å². The Kier molecular flexibility index (Phi) is 4.96. The van der Waals surface area contributed by atoms with Crippen molar-refractivity contribution < 1.29 is 23.8 Å². The molecular formula is C18H18FNO4. The van der Waals surface area contributed by atoms with Crippen LogP contribution in [0.5, 0.6) is 5.75 Å². The highest BCUT2D eigenvalue weighted by Gasteiger charge is 2.36. The van der Waals surface area contributed by atoms with Crippen molar-refractivity contribution in [2.24, 2.45) is 0 Å². The molecule has 126 valence electrons. The molecule has 0 spiro atoms. The van der Waals surface area contributed by atoms with Crippen molar-refractivity contribution in [1.82, 2.24) is 4.90 Å². The Hall–Kier alpha value is -2.60. The van der Waals surface area contributed by atoms with E-state index >= 15 is 0 Å². The first-order chi connectivity index (χ1) is 11.6. The van der Waals surface area contributed by atoms with Crippen LogP contribution in [0.4, 0.5) is 9.18 Å². The number of para-hydroxylation sites is 1. The van der Waals surface area contributed by atoms with Gasteiger partial charge in [-0.2, -0.15) is 0 Å². The predicted molar refractivity (Wildman–Crippen MR) is 85.0 cm³/mol. The SMILES string of the molecule is O=C(OCc1ccccc1)N1CC(O)C(Oc2ccccc2F)C1. The Morgan fingerprint density at radius 2 is 1.83 bits per heavy atom. The van der Waals surface area contributed by atoms with Crippen LogP contribution in [-0.4, -0.2) is 41.4 Å². The molecule has 24 heavy (non-hydrogen) atoms. The van der Waals surface area contributed by atoms with Crippen molar-refractivity contribution in [1.29, 1.82) is 0 Å². The number of carbonyl (C=O) groups excluding carboxylic acids is 1. The Labute approximate surface area is 139 Å². The summed E-state index contributed by atoms with van der Waals surface area (Å²) in [6.07, 6.45) is -2.11. The number of rotatable bonds is 4. The smallest absolute Gasteiger partial charge is 0.410 e. The second kappa shape index (κ2) is 7.31. The minimum absolute atomic E-state index is 0.0565. The fourth-order valence-electron chi connectivity index (χ4n) is 2.54. The quantitative estimate of drug-likeness (QED) is 0.935. The van der Waals surface area contributed by atoms with Crippen molar-refractivity contribution >= 4 is 6.09 Å². The Balaban J connectivity index is 1.55. The fourth-order valence-corrected chi connectivity index (χ4v) is 2.54. The molecule has 1 N–H and O–H groups in total. The average molecular weight is 331 g/mol. The molecule has 2 unspecified atom stereocenters. The van der Waals surface area contributed by atoms with E-state index in [0.717, 1.165) is 5.56 Å². The first kappa shape index (κ1) is 16.3. The van der Waals surface area contributed by atoms with Crippen molar-refractivity contribution in [3.63, 3.8) is 0 Å². The third-order valence-corrected chi connectivity index (χ3v) is 3.82. The summed E-state index contributed by atoms with van der Waals surface area (Å²) >= 11 is 0. The molecule has 0 aliphatic carbocycles. The highest BCUT2D eigenvalue weighted by Crippen LogP contribution is 2.22. The van der Waals surface area contributed by atoms with E-state index in [4.69, 9.17) is 9.47 Å². The number of hydrogen-bond acceptors (Lipinski definition) is 4. The van der Waals surface area contributed by atoms with Gasteiger partial charge in [0, 0.05) is 0 Å². The van der Waals surface area contributed by atoms with Crippen molar-refractivity contribution in [2.75, 3.05) is 13.1 Å². The summed E-state index contributed by atoms with van der Waals surface area (Å²) < 4.78 is 24.3. The van der Waals surface area contributed by atoms with E-state index in [0.29, 0.717) is 0 Å². The zero-order valence-corrected chi connectivity index (χ0v) is 13.0. The number of halogens is 1. The van der Waals surface area contributed by atoms with Gasteiger partial charge in [-0.15, -0.1) is 0 Å². The van der Waals surface area contributed by atoms with Gasteiger partial charge in [0.25, 0.3) is 0 Å².